The largest absolute Gasteiger partial charge is 0.491 e. The highest BCUT2D eigenvalue weighted by molar-refractivity contribution is 5.96. The van der Waals surface area contributed by atoms with Crippen LogP contribution in [0.5, 0.6) is 5.75 Å². The van der Waals surface area contributed by atoms with E-state index in [9.17, 15) is 9.59 Å². The third-order valence-electron chi connectivity index (χ3n) is 8.00. The maximum absolute atomic E-state index is 13.6. The van der Waals surface area contributed by atoms with Crippen molar-refractivity contribution in [2.75, 3.05) is 26.2 Å². The van der Waals surface area contributed by atoms with Crippen molar-refractivity contribution in [3.63, 3.8) is 0 Å². The van der Waals surface area contributed by atoms with Gasteiger partial charge >= 0.3 is 0 Å². The number of hydrogen-bond acceptors (Lipinski definition) is 5. The number of piperidine rings is 1. The Labute approximate surface area is 230 Å². The first-order chi connectivity index (χ1) is 18.9. The van der Waals surface area contributed by atoms with Gasteiger partial charge in [0.25, 0.3) is 5.91 Å². The van der Waals surface area contributed by atoms with Crippen LogP contribution in [0, 0.1) is 12.3 Å². The Kier molecular flexibility index (Phi) is 8.31. The van der Waals surface area contributed by atoms with E-state index in [0.29, 0.717) is 24.5 Å². The zero-order valence-electron chi connectivity index (χ0n) is 23.0. The van der Waals surface area contributed by atoms with Gasteiger partial charge in [-0.2, -0.15) is 5.10 Å². The van der Waals surface area contributed by atoms with Gasteiger partial charge in [0.15, 0.2) is 0 Å². The molecule has 8 heteroatoms. The van der Waals surface area contributed by atoms with E-state index in [-0.39, 0.29) is 17.9 Å². The van der Waals surface area contributed by atoms with Gasteiger partial charge in [0.2, 0.25) is 5.91 Å². The molecule has 2 aromatic carbocycles. The first-order valence-electron chi connectivity index (χ1n) is 14.1. The highest BCUT2D eigenvalue weighted by Crippen LogP contribution is 2.37. The number of ether oxygens (including phenoxy) is 1. The zero-order chi connectivity index (χ0) is 27.2. The second-order valence-corrected chi connectivity index (χ2v) is 11.1. The highest BCUT2D eigenvalue weighted by atomic mass is 16.5. The van der Waals surface area contributed by atoms with Crippen molar-refractivity contribution in [3.8, 4) is 11.4 Å². The van der Waals surface area contributed by atoms with E-state index in [1.807, 2.05) is 29.9 Å². The molecule has 0 saturated carbocycles. The number of aromatic nitrogens is 2. The molecule has 8 nitrogen and oxygen atoms in total. The van der Waals surface area contributed by atoms with E-state index in [2.05, 4.69) is 58.0 Å². The predicted molar refractivity (Wildman–Crippen MR) is 151 cm³/mol. The Hall–Kier alpha value is -3.65. The van der Waals surface area contributed by atoms with Gasteiger partial charge in [0.1, 0.15) is 12.4 Å². The minimum absolute atomic E-state index is 0.118. The van der Waals surface area contributed by atoms with Gasteiger partial charge in [0, 0.05) is 24.8 Å². The summed E-state index contributed by atoms with van der Waals surface area (Å²) in [5, 5.41) is 10.8. The Morgan fingerprint density at radius 3 is 2.59 bits per heavy atom. The van der Waals surface area contributed by atoms with E-state index < -0.39 is 5.41 Å². The molecule has 1 atom stereocenters. The number of rotatable bonds is 3. The minimum Gasteiger partial charge on any atom is -0.491 e. The lowest BCUT2D eigenvalue weighted by Gasteiger charge is -2.41. The third kappa shape index (κ3) is 6.50. The molecule has 0 bridgehead atoms. The summed E-state index contributed by atoms with van der Waals surface area (Å²) < 4.78 is 7.89. The summed E-state index contributed by atoms with van der Waals surface area (Å²) in [6.07, 6.45) is 8.20. The van der Waals surface area contributed by atoms with Gasteiger partial charge in [-0.1, -0.05) is 36.2 Å². The van der Waals surface area contributed by atoms with Gasteiger partial charge < -0.3 is 15.4 Å². The Morgan fingerprint density at radius 1 is 1.03 bits per heavy atom. The summed E-state index contributed by atoms with van der Waals surface area (Å²) in [6.45, 7) is 7.47. The summed E-state index contributed by atoms with van der Waals surface area (Å²) in [4.78, 5) is 28.8. The highest BCUT2D eigenvalue weighted by Gasteiger charge is 2.41. The molecule has 1 saturated heterocycles. The van der Waals surface area contributed by atoms with Crippen molar-refractivity contribution >= 4 is 11.8 Å². The summed E-state index contributed by atoms with van der Waals surface area (Å²) in [5.74, 6) is 0.551. The van der Waals surface area contributed by atoms with Crippen LogP contribution in [0.4, 0.5) is 0 Å². The number of likely N-dealkylation sites (tertiary alicyclic amines) is 1. The van der Waals surface area contributed by atoms with Crippen LogP contribution in [0.1, 0.15) is 60.5 Å². The fraction of sp³-hybridized carbons (Fsp3) is 0.452. The number of hydrogen-bond donors (Lipinski definition) is 2. The number of benzene rings is 2. The number of para-hydroxylation sites is 1. The second kappa shape index (κ2) is 12.0. The van der Waals surface area contributed by atoms with Crippen LogP contribution < -0.4 is 15.4 Å². The number of nitrogens with zero attached hydrogens (tertiary/aromatic N) is 3. The van der Waals surface area contributed by atoms with Crippen LogP contribution in [0.3, 0.4) is 0 Å². The van der Waals surface area contributed by atoms with E-state index in [0.717, 1.165) is 57.4 Å². The molecule has 0 aliphatic carbocycles. The first kappa shape index (κ1) is 26.9. The van der Waals surface area contributed by atoms with Crippen molar-refractivity contribution in [1.29, 1.82) is 0 Å². The monoisotopic (exact) mass is 529 g/mol. The lowest BCUT2D eigenvalue weighted by Crippen LogP contribution is -2.51. The Bertz CT molecular complexity index is 1280. The number of amides is 2. The summed E-state index contributed by atoms with van der Waals surface area (Å²) in [5.41, 5.74) is 3.58. The van der Waals surface area contributed by atoms with Crippen LogP contribution in [-0.2, 0) is 11.3 Å². The van der Waals surface area contributed by atoms with Crippen molar-refractivity contribution in [2.24, 2.45) is 5.41 Å². The molecule has 0 unspecified atom stereocenters. The summed E-state index contributed by atoms with van der Waals surface area (Å²) in [7, 11) is 0. The molecule has 1 fully saturated rings. The summed E-state index contributed by atoms with van der Waals surface area (Å²) in [6, 6.07) is 15.5. The molecule has 2 amide bonds. The molecule has 2 aliphatic heterocycles. The van der Waals surface area contributed by atoms with Crippen molar-refractivity contribution in [1.82, 2.24) is 25.3 Å². The average molecular weight is 530 g/mol. The van der Waals surface area contributed by atoms with Crippen LogP contribution in [0.15, 0.2) is 60.9 Å². The number of carbonyl (C=O) groups is 2. The molecule has 5 rings (SSSR count). The molecule has 0 radical (unpaired) electrons. The van der Waals surface area contributed by atoms with E-state index in [4.69, 9.17) is 4.74 Å². The lowest BCUT2D eigenvalue weighted by molar-refractivity contribution is -0.135. The topological polar surface area (TPSA) is 88.5 Å². The van der Waals surface area contributed by atoms with Crippen LogP contribution in [0.2, 0.25) is 0 Å². The first-order valence-corrected chi connectivity index (χ1v) is 14.1. The van der Waals surface area contributed by atoms with Crippen molar-refractivity contribution in [2.45, 2.75) is 58.5 Å². The standard InChI is InChI=1S/C31H39N5O3/c1-23-9-11-26(12-10-23)36-21-25(19-33-36)20-35-17-14-31(15-18-35)13-5-6-16-32-29(37)27-7-3-4-8-28(27)39-22-24(2)34-30(31)38/h3-4,7-12,19,21,24H,5-6,13-18,20,22H2,1-2H3,(H,32,37)(H,34,38)/t24-/m1/s1. The van der Waals surface area contributed by atoms with Crippen molar-refractivity contribution < 1.29 is 14.3 Å². The Morgan fingerprint density at radius 2 is 1.79 bits per heavy atom. The van der Waals surface area contributed by atoms with Crippen LogP contribution >= 0.6 is 0 Å². The quantitative estimate of drug-likeness (QED) is 0.529. The fourth-order valence-corrected chi connectivity index (χ4v) is 5.57. The molecular weight excluding hydrogens is 490 g/mol. The molecule has 2 N–H and O–H groups in total. The number of carbonyl (C=O) groups excluding carboxylic acids is 2. The third-order valence-corrected chi connectivity index (χ3v) is 8.00. The zero-order valence-corrected chi connectivity index (χ0v) is 23.0. The van der Waals surface area contributed by atoms with Crippen LogP contribution in [0.25, 0.3) is 5.69 Å². The maximum Gasteiger partial charge on any atom is 0.255 e. The van der Waals surface area contributed by atoms with Gasteiger partial charge in [-0.15, -0.1) is 0 Å². The number of nitrogens with one attached hydrogen (secondary N) is 2. The van der Waals surface area contributed by atoms with Gasteiger partial charge in [-0.05, 0) is 76.9 Å². The molecule has 3 heterocycles. The van der Waals surface area contributed by atoms with E-state index in [1.54, 1.807) is 12.1 Å². The number of aryl methyl sites for hydroxylation is 1. The molecule has 2 aliphatic rings. The normalized spacial score (nSPS) is 20.8. The number of fused-ring (bicyclic) bond motifs is 1. The Balaban J connectivity index is 1.22. The molecule has 1 spiro atoms. The maximum atomic E-state index is 13.6. The van der Waals surface area contributed by atoms with E-state index >= 15 is 0 Å². The second-order valence-electron chi connectivity index (χ2n) is 11.1. The molecule has 39 heavy (non-hydrogen) atoms. The molecule has 1 aromatic heterocycles. The summed E-state index contributed by atoms with van der Waals surface area (Å²) >= 11 is 0. The van der Waals surface area contributed by atoms with Crippen molar-refractivity contribution in [3.05, 3.63) is 77.6 Å². The molecule has 206 valence electrons. The van der Waals surface area contributed by atoms with E-state index in [1.165, 1.54) is 11.1 Å². The predicted octanol–water partition coefficient (Wildman–Crippen LogP) is 4.26. The minimum atomic E-state index is -0.400. The fourth-order valence-electron chi connectivity index (χ4n) is 5.57. The average Bonchev–Trinajstić information content (AvgIpc) is 3.41. The van der Waals surface area contributed by atoms with Gasteiger partial charge in [-0.25, -0.2) is 4.68 Å². The van der Waals surface area contributed by atoms with Crippen LogP contribution in [-0.4, -0.2) is 58.8 Å². The molecular formula is C31H39N5O3. The smallest absolute Gasteiger partial charge is 0.255 e. The lowest BCUT2D eigenvalue weighted by atomic mass is 9.73. The molecule has 3 aromatic rings. The van der Waals surface area contributed by atoms with Gasteiger partial charge in [0.05, 0.1) is 28.9 Å². The SMILES string of the molecule is Cc1ccc(-n2cc(CN3CCC4(CCCCNC(=O)c5ccccc5OC[C@@H](C)NC4=O)CC3)cn2)cc1. The van der Waals surface area contributed by atoms with Gasteiger partial charge in [-0.3, -0.25) is 14.5 Å².